The first kappa shape index (κ1) is 14.6. The summed E-state index contributed by atoms with van der Waals surface area (Å²) < 4.78 is 0. The van der Waals surface area contributed by atoms with E-state index in [0.717, 1.165) is 6.54 Å². The van der Waals surface area contributed by atoms with Gasteiger partial charge in [0, 0.05) is 35.6 Å². The zero-order valence-electron chi connectivity index (χ0n) is 13.0. The number of rotatable bonds is 3. The number of thiophene rings is 1. The molecule has 1 saturated heterocycles. The maximum absolute atomic E-state index is 3.91. The number of nitrogens with zero attached hydrogens (tertiary/aromatic N) is 1. The summed E-state index contributed by atoms with van der Waals surface area (Å²) in [6.45, 7) is 8.37. The first-order valence-corrected chi connectivity index (χ1v) is 9.00. The van der Waals surface area contributed by atoms with Crippen molar-refractivity contribution in [1.82, 2.24) is 10.2 Å². The lowest BCUT2D eigenvalue weighted by atomic mass is 9.77. The summed E-state index contributed by atoms with van der Waals surface area (Å²) in [6, 6.07) is 4.45. The zero-order valence-corrected chi connectivity index (χ0v) is 13.8. The molecule has 1 N–H and O–H groups in total. The van der Waals surface area contributed by atoms with Crippen molar-refractivity contribution in [2.24, 2.45) is 0 Å². The van der Waals surface area contributed by atoms with Gasteiger partial charge in [-0.05, 0) is 44.6 Å². The predicted molar refractivity (Wildman–Crippen MR) is 87.5 cm³/mol. The topological polar surface area (TPSA) is 15.3 Å². The minimum absolute atomic E-state index is 0.292. The normalized spacial score (nSPS) is 25.9. The van der Waals surface area contributed by atoms with Crippen LogP contribution in [0, 0.1) is 0 Å². The highest BCUT2D eigenvalue weighted by Crippen LogP contribution is 2.34. The molecule has 2 fully saturated rings. The Morgan fingerprint density at radius 1 is 1.25 bits per heavy atom. The Hall–Kier alpha value is -0.380. The monoisotopic (exact) mass is 292 g/mol. The molecule has 1 saturated carbocycles. The van der Waals surface area contributed by atoms with Gasteiger partial charge in [-0.3, -0.25) is 4.90 Å². The van der Waals surface area contributed by atoms with Gasteiger partial charge in [-0.15, -0.1) is 11.3 Å². The largest absolute Gasteiger partial charge is 0.308 e. The van der Waals surface area contributed by atoms with Gasteiger partial charge in [-0.2, -0.15) is 0 Å². The van der Waals surface area contributed by atoms with Gasteiger partial charge in [0.1, 0.15) is 0 Å². The van der Waals surface area contributed by atoms with Crippen LogP contribution in [0.2, 0.25) is 0 Å². The van der Waals surface area contributed by atoms with Crippen molar-refractivity contribution in [2.45, 2.75) is 63.5 Å². The van der Waals surface area contributed by atoms with Crippen molar-refractivity contribution in [2.75, 3.05) is 19.6 Å². The highest BCUT2D eigenvalue weighted by atomic mass is 32.1. The minimum atomic E-state index is 0.292. The van der Waals surface area contributed by atoms with Gasteiger partial charge < -0.3 is 5.32 Å². The Kier molecular flexibility index (Phi) is 4.21. The van der Waals surface area contributed by atoms with E-state index in [1.165, 1.54) is 56.5 Å². The van der Waals surface area contributed by atoms with Crippen molar-refractivity contribution >= 4 is 11.3 Å². The fourth-order valence-corrected chi connectivity index (χ4v) is 4.49. The van der Waals surface area contributed by atoms with Gasteiger partial charge in [-0.25, -0.2) is 0 Å². The summed E-state index contributed by atoms with van der Waals surface area (Å²) in [4.78, 5) is 4.27. The number of piperazine rings is 1. The molecule has 0 atom stereocenters. The average molecular weight is 292 g/mol. The summed E-state index contributed by atoms with van der Waals surface area (Å²) in [6.07, 6.45) is 8.20. The SMILES string of the molecule is CC1(C)CNC2(CCCCC2)CN1CCc1cccs1. The quantitative estimate of drug-likeness (QED) is 0.914. The second-order valence-corrected chi connectivity index (χ2v) is 8.29. The molecule has 0 unspecified atom stereocenters. The summed E-state index contributed by atoms with van der Waals surface area (Å²) >= 11 is 1.90. The van der Waals surface area contributed by atoms with Crippen molar-refractivity contribution in [3.8, 4) is 0 Å². The van der Waals surface area contributed by atoms with E-state index >= 15 is 0 Å². The lowest BCUT2D eigenvalue weighted by molar-refractivity contribution is 0.0118. The van der Waals surface area contributed by atoms with E-state index in [1.54, 1.807) is 0 Å². The van der Waals surface area contributed by atoms with Crippen molar-refractivity contribution in [1.29, 1.82) is 0 Å². The average Bonchev–Trinajstić information content (AvgIpc) is 2.95. The lowest BCUT2D eigenvalue weighted by Gasteiger charge is -2.53. The Morgan fingerprint density at radius 2 is 2.05 bits per heavy atom. The molecule has 20 heavy (non-hydrogen) atoms. The Bertz CT molecular complexity index is 418. The first-order chi connectivity index (χ1) is 9.60. The Morgan fingerprint density at radius 3 is 2.75 bits per heavy atom. The molecule has 0 amide bonds. The third kappa shape index (κ3) is 3.10. The fraction of sp³-hybridized carbons (Fsp3) is 0.765. The maximum atomic E-state index is 3.91. The highest BCUT2D eigenvalue weighted by molar-refractivity contribution is 7.09. The van der Waals surface area contributed by atoms with Crippen LogP contribution in [-0.4, -0.2) is 35.6 Å². The standard InChI is InChI=1S/C17H28N2S/c1-16(2)13-18-17(9-4-3-5-10-17)14-19(16)11-8-15-7-6-12-20-15/h6-7,12,18H,3-5,8-11,13-14H2,1-2H3. The molecule has 0 bridgehead atoms. The van der Waals surface area contributed by atoms with Crippen molar-refractivity contribution in [3.63, 3.8) is 0 Å². The van der Waals surface area contributed by atoms with E-state index in [4.69, 9.17) is 0 Å². The summed E-state index contributed by atoms with van der Waals surface area (Å²) in [5.41, 5.74) is 0.711. The third-order valence-corrected chi connectivity index (χ3v) is 6.20. The molecule has 1 aliphatic heterocycles. The maximum Gasteiger partial charge on any atom is 0.0309 e. The van der Waals surface area contributed by atoms with Gasteiger partial charge in [0.15, 0.2) is 0 Å². The van der Waals surface area contributed by atoms with Crippen LogP contribution in [-0.2, 0) is 6.42 Å². The van der Waals surface area contributed by atoms with Crippen LogP contribution < -0.4 is 5.32 Å². The van der Waals surface area contributed by atoms with Crippen LogP contribution in [0.3, 0.4) is 0 Å². The first-order valence-electron chi connectivity index (χ1n) is 8.12. The Labute approximate surface area is 127 Å². The Balaban J connectivity index is 1.65. The third-order valence-electron chi connectivity index (χ3n) is 5.26. The van der Waals surface area contributed by atoms with Crippen LogP contribution in [0.25, 0.3) is 0 Å². The van der Waals surface area contributed by atoms with E-state index in [9.17, 15) is 0 Å². The molecule has 2 nitrogen and oxygen atoms in total. The van der Waals surface area contributed by atoms with Crippen LogP contribution in [0.1, 0.15) is 50.8 Å². The minimum Gasteiger partial charge on any atom is -0.308 e. The lowest BCUT2D eigenvalue weighted by Crippen LogP contribution is -2.68. The van der Waals surface area contributed by atoms with E-state index in [0.29, 0.717) is 11.1 Å². The summed E-state index contributed by atoms with van der Waals surface area (Å²) in [5.74, 6) is 0. The van der Waals surface area contributed by atoms with Gasteiger partial charge in [0.25, 0.3) is 0 Å². The molecule has 3 heteroatoms. The van der Waals surface area contributed by atoms with Crippen LogP contribution in [0.4, 0.5) is 0 Å². The van der Waals surface area contributed by atoms with Crippen molar-refractivity contribution < 1.29 is 0 Å². The molecule has 1 aromatic rings. The predicted octanol–water partition coefficient (Wildman–Crippen LogP) is 3.68. The van der Waals surface area contributed by atoms with E-state index in [1.807, 2.05) is 11.3 Å². The van der Waals surface area contributed by atoms with Gasteiger partial charge in [-0.1, -0.05) is 25.3 Å². The number of nitrogens with one attached hydrogen (secondary N) is 1. The second-order valence-electron chi connectivity index (χ2n) is 7.26. The van der Waals surface area contributed by atoms with Crippen molar-refractivity contribution in [3.05, 3.63) is 22.4 Å². The fourth-order valence-electron chi connectivity index (χ4n) is 3.80. The molecule has 1 aromatic heterocycles. The molecule has 3 rings (SSSR count). The zero-order chi connectivity index (χ0) is 14.1. The molecule has 112 valence electrons. The number of hydrogen-bond acceptors (Lipinski definition) is 3. The number of hydrogen-bond donors (Lipinski definition) is 1. The van der Waals surface area contributed by atoms with Gasteiger partial charge >= 0.3 is 0 Å². The summed E-state index contributed by atoms with van der Waals surface area (Å²) in [7, 11) is 0. The second kappa shape index (κ2) is 5.78. The van der Waals surface area contributed by atoms with Crippen LogP contribution >= 0.6 is 11.3 Å². The van der Waals surface area contributed by atoms with Crippen LogP contribution in [0.5, 0.6) is 0 Å². The van der Waals surface area contributed by atoms with Gasteiger partial charge in [0.05, 0.1) is 0 Å². The molecule has 2 heterocycles. The molecular formula is C17H28N2S. The molecular weight excluding hydrogens is 264 g/mol. The molecule has 1 spiro atoms. The summed E-state index contributed by atoms with van der Waals surface area (Å²) in [5, 5.41) is 6.10. The highest BCUT2D eigenvalue weighted by Gasteiger charge is 2.42. The van der Waals surface area contributed by atoms with Crippen LogP contribution in [0.15, 0.2) is 17.5 Å². The van der Waals surface area contributed by atoms with E-state index in [2.05, 4.69) is 41.6 Å². The molecule has 1 aliphatic carbocycles. The molecule has 0 radical (unpaired) electrons. The molecule has 0 aromatic carbocycles. The van der Waals surface area contributed by atoms with E-state index in [-0.39, 0.29) is 0 Å². The molecule has 2 aliphatic rings. The smallest absolute Gasteiger partial charge is 0.0309 e. The van der Waals surface area contributed by atoms with E-state index < -0.39 is 0 Å². The van der Waals surface area contributed by atoms with Gasteiger partial charge in [0.2, 0.25) is 0 Å².